The lowest BCUT2D eigenvalue weighted by Crippen LogP contribution is -2.15. The van der Waals surface area contributed by atoms with E-state index < -0.39 is 0 Å². The van der Waals surface area contributed by atoms with Crippen LogP contribution in [0.4, 0.5) is 0 Å². The maximum Gasteiger partial charge on any atom is 0.306 e. The van der Waals surface area contributed by atoms with E-state index >= 15 is 0 Å². The fourth-order valence-corrected chi connectivity index (χ4v) is 1.94. The maximum atomic E-state index is 11.7. The highest BCUT2D eigenvalue weighted by Crippen LogP contribution is 2.24. The van der Waals surface area contributed by atoms with Crippen molar-refractivity contribution in [2.45, 2.75) is 33.6 Å². The summed E-state index contributed by atoms with van der Waals surface area (Å²) in [7, 11) is 0. The molecule has 21 heavy (non-hydrogen) atoms. The summed E-state index contributed by atoms with van der Waals surface area (Å²) in [6.45, 7) is 5.60. The number of ether oxygens (including phenoxy) is 2. The molecule has 0 bridgehead atoms. The second-order valence-electron chi connectivity index (χ2n) is 4.68. The SMILES string of the molecule is CCOC(=O)CCC(=O)COc1c(C)cc(C#N)cc1C. The fraction of sp³-hybridized carbons (Fsp3) is 0.438. The molecule has 0 spiro atoms. The molecule has 0 fully saturated rings. The monoisotopic (exact) mass is 289 g/mol. The Labute approximate surface area is 124 Å². The molecule has 1 aromatic rings. The topological polar surface area (TPSA) is 76.4 Å². The summed E-state index contributed by atoms with van der Waals surface area (Å²) in [6.07, 6.45) is 0.175. The Hall–Kier alpha value is -2.35. The van der Waals surface area contributed by atoms with E-state index in [2.05, 4.69) is 6.07 Å². The number of esters is 1. The summed E-state index contributed by atoms with van der Waals surface area (Å²) in [5.74, 6) is 0.0706. The Kier molecular flexibility index (Phi) is 6.41. The van der Waals surface area contributed by atoms with Gasteiger partial charge in [-0.3, -0.25) is 9.59 Å². The molecule has 0 saturated heterocycles. The summed E-state index contributed by atoms with van der Waals surface area (Å²) in [4.78, 5) is 22.8. The quantitative estimate of drug-likeness (QED) is 0.721. The Balaban J connectivity index is 2.54. The van der Waals surface area contributed by atoms with Crippen LogP contribution in [0.15, 0.2) is 12.1 Å². The molecule has 0 unspecified atom stereocenters. The van der Waals surface area contributed by atoms with Crippen LogP contribution in [0.5, 0.6) is 5.75 Å². The van der Waals surface area contributed by atoms with Gasteiger partial charge in [-0.25, -0.2) is 0 Å². The first-order valence-electron chi connectivity index (χ1n) is 6.79. The van der Waals surface area contributed by atoms with Gasteiger partial charge >= 0.3 is 5.97 Å². The second-order valence-corrected chi connectivity index (χ2v) is 4.68. The van der Waals surface area contributed by atoms with E-state index in [-0.39, 0.29) is 31.2 Å². The van der Waals surface area contributed by atoms with Crippen LogP contribution >= 0.6 is 0 Å². The number of benzene rings is 1. The molecule has 0 amide bonds. The summed E-state index contributed by atoms with van der Waals surface area (Å²) in [5.41, 5.74) is 2.18. The van der Waals surface area contributed by atoms with Gasteiger partial charge in [-0.15, -0.1) is 0 Å². The Morgan fingerprint density at radius 2 is 1.81 bits per heavy atom. The van der Waals surface area contributed by atoms with Crippen molar-refractivity contribution in [1.82, 2.24) is 0 Å². The van der Waals surface area contributed by atoms with Gasteiger partial charge in [-0.2, -0.15) is 5.26 Å². The molecular formula is C16H19NO4. The number of ketones is 1. The maximum absolute atomic E-state index is 11.7. The van der Waals surface area contributed by atoms with Gasteiger partial charge in [0.15, 0.2) is 5.78 Å². The smallest absolute Gasteiger partial charge is 0.306 e. The molecule has 0 radical (unpaired) electrons. The van der Waals surface area contributed by atoms with Gasteiger partial charge in [0.25, 0.3) is 0 Å². The van der Waals surface area contributed by atoms with Crippen LogP contribution in [0.2, 0.25) is 0 Å². The summed E-state index contributed by atoms with van der Waals surface area (Å²) in [6, 6.07) is 5.50. The molecule has 0 aliphatic heterocycles. The number of nitriles is 1. The van der Waals surface area contributed by atoms with Crippen LogP contribution in [-0.4, -0.2) is 25.0 Å². The van der Waals surface area contributed by atoms with Gasteiger partial charge in [-0.05, 0) is 44.0 Å². The van der Waals surface area contributed by atoms with Gasteiger partial charge in [0, 0.05) is 6.42 Å². The third-order valence-electron chi connectivity index (χ3n) is 2.88. The van der Waals surface area contributed by atoms with Gasteiger partial charge < -0.3 is 9.47 Å². The standard InChI is InChI=1S/C16H19NO4/c1-4-20-15(19)6-5-14(18)10-21-16-11(2)7-13(9-17)8-12(16)3/h7-8H,4-6,10H2,1-3H3. The van der Waals surface area contributed by atoms with Crippen LogP contribution in [0, 0.1) is 25.2 Å². The third kappa shape index (κ3) is 5.27. The lowest BCUT2D eigenvalue weighted by Gasteiger charge is -2.12. The van der Waals surface area contributed by atoms with E-state index in [9.17, 15) is 9.59 Å². The Morgan fingerprint density at radius 1 is 1.19 bits per heavy atom. The largest absolute Gasteiger partial charge is 0.485 e. The molecular weight excluding hydrogens is 270 g/mol. The molecule has 1 rings (SSSR count). The zero-order chi connectivity index (χ0) is 15.8. The summed E-state index contributed by atoms with van der Waals surface area (Å²) < 4.78 is 10.3. The van der Waals surface area contributed by atoms with E-state index in [0.717, 1.165) is 11.1 Å². The molecule has 0 aliphatic rings. The van der Waals surface area contributed by atoms with Crippen LogP contribution in [0.1, 0.15) is 36.5 Å². The average Bonchev–Trinajstić information content (AvgIpc) is 2.44. The minimum atomic E-state index is -0.378. The summed E-state index contributed by atoms with van der Waals surface area (Å²) in [5, 5.41) is 8.87. The molecule has 0 atom stereocenters. The molecule has 0 N–H and O–H groups in total. The number of carbonyl (C=O) groups excluding carboxylic acids is 2. The van der Waals surface area contributed by atoms with E-state index in [0.29, 0.717) is 17.9 Å². The molecule has 1 aromatic carbocycles. The summed E-state index contributed by atoms with van der Waals surface area (Å²) >= 11 is 0. The molecule has 5 heteroatoms. The van der Waals surface area contributed by atoms with Crippen LogP contribution < -0.4 is 4.74 Å². The van der Waals surface area contributed by atoms with Crippen molar-refractivity contribution in [3.8, 4) is 11.8 Å². The lowest BCUT2D eigenvalue weighted by molar-refractivity contribution is -0.144. The second kappa shape index (κ2) is 8.05. The van der Waals surface area contributed by atoms with E-state index in [1.165, 1.54) is 0 Å². The highest BCUT2D eigenvalue weighted by molar-refractivity contribution is 5.84. The minimum absolute atomic E-state index is 0.0708. The first-order valence-corrected chi connectivity index (χ1v) is 6.79. The predicted molar refractivity (Wildman–Crippen MR) is 77.0 cm³/mol. The zero-order valence-corrected chi connectivity index (χ0v) is 12.6. The minimum Gasteiger partial charge on any atom is -0.485 e. The van der Waals surface area contributed by atoms with Gasteiger partial charge in [0.05, 0.1) is 24.7 Å². The first kappa shape index (κ1) is 16.7. The van der Waals surface area contributed by atoms with E-state index in [4.69, 9.17) is 14.7 Å². The van der Waals surface area contributed by atoms with Crippen molar-refractivity contribution < 1.29 is 19.1 Å². The van der Waals surface area contributed by atoms with E-state index in [1.54, 1.807) is 19.1 Å². The highest BCUT2D eigenvalue weighted by atomic mass is 16.5. The molecule has 0 aromatic heterocycles. The molecule has 112 valence electrons. The molecule has 5 nitrogen and oxygen atoms in total. The van der Waals surface area contributed by atoms with Crippen molar-refractivity contribution in [3.63, 3.8) is 0 Å². The van der Waals surface area contributed by atoms with Gasteiger partial charge in [0.2, 0.25) is 0 Å². The molecule has 0 saturated carbocycles. The highest BCUT2D eigenvalue weighted by Gasteiger charge is 2.11. The number of aryl methyl sites for hydroxylation is 2. The number of rotatable bonds is 7. The van der Waals surface area contributed by atoms with Crippen molar-refractivity contribution in [2.75, 3.05) is 13.2 Å². The van der Waals surface area contributed by atoms with Crippen LogP contribution in [-0.2, 0) is 14.3 Å². The van der Waals surface area contributed by atoms with Crippen LogP contribution in [0.3, 0.4) is 0 Å². The van der Waals surface area contributed by atoms with Crippen molar-refractivity contribution in [1.29, 1.82) is 5.26 Å². The van der Waals surface area contributed by atoms with Gasteiger partial charge in [-0.1, -0.05) is 0 Å². The fourth-order valence-electron chi connectivity index (χ4n) is 1.94. The number of Topliss-reactive ketones (excluding diaryl/α,β-unsaturated/α-hetero) is 1. The van der Waals surface area contributed by atoms with Crippen molar-refractivity contribution in [2.24, 2.45) is 0 Å². The van der Waals surface area contributed by atoms with Crippen LogP contribution in [0.25, 0.3) is 0 Å². The average molecular weight is 289 g/mol. The number of hydrogen-bond acceptors (Lipinski definition) is 5. The Morgan fingerprint density at radius 3 is 2.33 bits per heavy atom. The number of carbonyl (C=O) groups is 2. The van der Waals surface area contributed by atoms with Crippen molar-refractivity contribution >= 4 is 11.8 Å². The first-order chi connectivity index (χ1) is 9.97. The normalized spacial score (nSPS) is 9.81. The molecule has 0 aliphatic carbocycles. The van der Waals surface area contributed by atoms with E-state index in [1.807, 2.05) is 13.8 Å². The number of hydrogen-bond donors (Lipinski definition) is 0. The van der Waals surface area contributed by atoms with Crippen molar-refractivity contribution in [3.05, 3.63) is 28.8 Å². The zero-order valence-electron chi connectivity index (χ0n) is 12.6. The number of nitrogens with zero attached hydrogens (tertiary/aromatic N) is 1. The molecule has 0 heterocycles. The lowest BCUT2D eigenvalue weighted by atomic mass is 10.1. The Bertz CT molecular complexity index is 549. The third-order valence-corrected chi connectivity index (χ3v) is 2.88. The predicted octanol–water partition coefficient (Wildman–Crippen LogP) is 2.47. The van der Waals surface area contributed by atoms with Gasteiger partial charge in [0.1, 0.15) is 12.4 Å².